The molecule has 122 valence electrons. The van der Waals surface area contributed by atoms with E-state index in [0.29, 0.717) is 0 Å². The highest BCUT2D eigenvalue weighted by Gasteiger charge is 2.16. The lowest BCUT2D eigenvalue weighted by atomic mass is 10.1. The highest BCUT2D eigenvalue weighted by Crippen LogP contribution is 2.18. The third kappa shape index (κ3) is 4.26. The van der Waals surface area contributed by atoms with Crippen LogP contribution in [0.4, 0.5) is 13.6 Å². The summed E-state index contributed by atoms with van der Waals surface area (Å²) in [7, 11) is 0. The van der Waals surface area contributed by atoms with Gasteiger partial charge in [0.25, 0.3) is 0 Å². The van der Waals surface area contributed by atoms with Gasteiger partial charge in [0.05, 0.1) is 12.6 Å². The predicted molar refractivity (Wildman–Crippen MR) is 82.5 cm³/mol. The van der Waals surface area contributed by atoms with Crippen LogP contribution in [0, 0.1) is 11.6 Å². The molecule has 0 fully saturated rings. The maximum Gasteiger partial charge on any atom is 0.315 e. The molecular formula is C17H18F2N2O2. The Balaban J connectivity index is 1.95. The molecule has 1 unspecified atom stereocenters. The Labute approximate surface area is 133 Å². The number of hydrogen-bond donors (Lipinski definition) is 3. The van der Waals surface area contributed by atoms with E-state index < -0.39 is 23.7 Å². The van der Waals surface area contributed by atoms with Gasteiger partial charge in [-0.2, -0.15) is 0 Å². The first kappa shape index (κ1) is 16.9. The fourth-order valence-electron chi connectivity index (χ4n) is 2.24. The summed E-state index contributed by atoms with van der Waals surface area (Å²) < 4.78 is 26.9. The van der Waals surface area contributed by atoms with Gasteiger partial charge in [-0.25, -0.2) is 13.6 Å². The number of rotatable bonds is 5. The van der Waals surface area contributed by atoms with E-state index in [4.69, 9.17) is 0 Å². The lowest BCUT2D eigenvalue weighted by Gasteiger charge is -2.16. The second-order valence-corrected chi connectivity index (χ2v) is 5.12. The van der Waals surface area contributed by atoms with Crippen molar-refractivity contribution in [3.05, 3.63) is 70.8 Å². The maximum atomic E-state index is 13.7. The van der Waals surface area contributed by atoms with Gasteiger partial charge in [0.2, 0.25) is 0 Å². The van der Waals surface area contributed by atoms with Gasteiger partial charge >= 0.3 is 6.03 Å². The first-order valence-corrected chi connectivity index (χ1v) is 7.19. The Morgan fingerprint density at radius 1 is 1.13 bits per heavy atom. The molecular weight excluding hydrogens is 302 g/mol. The van der Waals surface area contributed by atoms with Crippen LogP contribution in [0.5, 0.6) is 0 Å². The highest BCUT2D eigenvalue weighted by atomic mass is 19.2. The van der Waals surface area contributed by atoms with Crippen molar-refractivity contribution in [3.8, 4) is 0 Å². The number of urea groups is 1. The summed E-state index contributed by atoms with van der Waals surface area (Å²) in [5.41, 5.74) is 1.59. The van der Waals surface area contributed by atoms with Gasteiger partial charge in [-0.1, -0.05) is 36.4 Å². The molecule has 3 N–H and O–H groups in total. The zero-order chi connectivity index (χ0) is 16.8. The lowest BCUT2D eigenvalue weighted by molar-refractivity contribution is 0.237. The first-order chi connectivity index (χ1) is 11.0. The van der Waals surface area contributed by atoms with E-state index in [0.717, 1.165) is 17.2 Å². The van der Waals surface area contributed by atoms with Crippen LogP contribution in [0.2, 0.25) is 0 Å². The van der Waals surface area contributed by atoms with Crippen molar-refractivity contribution in [1.82, 2.24) is 10.6 Å². The van der Waals surface area contributed by atoms with Crippen LogP contribution in [-0.2, 0) is 13.2 Å². The number of carbonyl (C=O) groups is 1. The van der Waals surface area contributed by atoms with Crippen LogP contribution >= 0.6 is 0 Å². The zero-order valence-corrected chi connectivity index (χ0v) is 12.6. The molecule has 0 saturated heterocycles. The largest absolute Gasteiger partial charge is 0.392 e. The smallest absolute Gasteiger partial charge is 0.315 e. The fraction of sp³-hybridized carbons (Fsp3) is 0.235. The molecule has 2 aromatic rings. The summed E-state index contributed by atoms with van der Waals surface area (Å²) in [6.07, 6.45) is 0. The van der Waals surface area contributed by atoms with Gasteiger partial charge in [-0.05, 0) is 24.1 Å². The molecule has 4 nitrogen and oxygen atoms in total. The van der Waals surface area contributed by atoms with Crippen molar-refractivity contribution in [2.75, 3.05) is 0 Å². The number of aliphatic hydroxyl groups is 1. The second-order valence-electron chi connectivity index (χ2n) is 5.12. The Kier molecular flexibility index (Phi) is 5.65. The quantitative estimate of drug-likeness (QED) is 0.793. The monoisotopic (exact) mass is 320 g/mol. The van der Waals surface area contributed by atoms with Gasteiger partial charge < -0.3 is 15.7 Å². The lowest BCUT2D eigenvalue weighted by Crippen LogP contribution is -2.37. The van der Waals surface area contributed by atoms with Crippen molar-refractivity contribution < 1.29 is 18.7 Å². The average Bonchev–Trinajstić information content (AvgIpc) is 2.55. The van der Waals surface area contributed by atoms with Crippen LogP contribution in [0.3, 0.4) is 0 Å². The number of nitrogens with one attached hydrogen (secondary N) is 2. The SMILES string of the molecule is CC(NC(=O)NCc1ccccc1CO)c1cccc(F)c1F. The van der Waals surface area contributed by atoms with E-state index >= 15 is 0 Å². The van der Waals surface area contributed by atoms with Gasteiger partial charge in [0, 0.05) is 12.1 Å². The summed E-state index contributed by atoms with van der Waals surface area (Å²) >= 11 is 0. The molecule has 0 aliphatic carbocycles. The Hall–Kier alpha value is -2.47. The molecule has 0 heterocycles. The normalized spacial score (nSPS) is 11.8. The van der Waals surface area contributed by atoms with Crippen molar-refractivity contribution >= 4 is 6.03 Å². The Morgan fingerprint density at radius 3 is 2.52 bits per heavy atom. The summed E-state index contributed by atoms with van der Waals surface area (Å²) in [5.74, 6) is -1.92. The molecule has 2 aromatic carbocycles. The summed E-state index contributed by atoms with van der Waals surface area (Å²) in [6.45, 7) is 1.67. The van der Waals surface area contributed by atoms with Crippen LogP contribution < -0.4 is 10.6 Å². The average molecular weight is 320 g/mol. The minimum atomic E-state index is -0.967. The van der Waals surface area contributed by atoms with Crippen molar-refractivity contribution in [2.45, 2.75) is 26.1 Å². The minimum absolute atomic E-state index is 0.0795. The van der Waals surface area contributed by atoms with Crippen LogP contribution in [0.15, 0.2) is 42.5 Å². The molecule has 0 bridgehead atoms. The summed E-state index contributed by atoms with van der Waals surface area (Å²) in [4.78, 5) is 11.9. The van der Waals surface area contributed by atoms with Crippen molar-refractivity contribution in [3.63, 3.8) is 0 Å². The zero-order valence-electron chi connectivity index (χ0n) is 12.6. The fourth-order valence-corrected chi connectivity index (χ4v) is 2.24. The highest BCUT2D eigenvalue weighted by molar-refractivity contribution is 5.74. The van der Waals surface area contributed by atoms with E-state index in [9.17, 15) is 18.7 Å². The molecule has 0 aliphatic heterocycles. The van der Waals surface area contributed by atoms with E-state index in [1.807, 2.05) is 0 Å². The van der Waals surface area contributed by atoms with E-state index in [1.165, 1.54) is 12.1 Å². The first-order valence-electron chi connectivity index (χ1n) is 7.19. The van der Waals surface area contributed by atoms with E-state index in [-0.39, 0.29) is 18.7 Å². The van der Waals surface area contributed by atoms with Crippen LogP contribution in [0.1, 0.15) is 29.7 Å². The van der Waals surface area contributed by atoms with Gasteiger partial charge in [-0.3, -0.25) is 0 Å². The minimum Gasteiger partial charge on any atom is -0.392 e. The molecule has 2 rings (SSSR count). The molecule has 0 aromatic heterocycles. The number of hydrogen-bond acceptors (Lipinski definition) is 2. The third-order valence-electron chi connectivity index (χ3n) is 3.52. The van der Waals surface area contributed by atoms with Gasteiger partial charge in [-0.15, -0.1) is 0 Å². The second kappa shape index (κ2) is 7.69. The van der Waals surface area contributed by atoms with Crippen LogP contribution in [-0.4, -0.2) is 11.1 Å². The summed E-state index contributed by atoms with van der Waals surface area (Å²) in [6, 6.07) is 9.81. The molecule has 23 heavy (non-hydrogen) atoms. The van der Waals surface area contributed by atoms with E-state index in [2.05, 4.69) is 10.6 Å². The summed E-state index contributed by atoms with van der Waals surface area (Å²) in [5, 5.41) is 14.4. The molecule has 0 aliphatic rings. The molecule has 6 heteroatoms. The number of halogens is 2. The number of benzene rings is 2. The van der Waals surface area contributed by atoms with Crippen molar-refractivity contribution in [1.29, 1.82) is 0 Å². The Bertz CT molecular complexity index is 692. The molecule has 0 saturated carbocycles. The Morgan fingerprint density at radius 2 is 1.83 bits per heavy atom. The van der Waals surface area contributed by atoms with Gasteiger partial charge in [0.1, 0.15) is 0 Å². The topological polar surface area (TPSA) is 61.4 Å². The molecule has 2 amide bonds. The number of amides is 2. The van der Waals surface area contributed by atoms with Crippen LogP contribution in [0.25, 0.3) is 0 Å². The third-order valence-corrected chi connectivity index (χ3v) is 3.52. The molecule has 1 atom stereocenters. The maximum absolute atomic E-state index is 13.7. The predicted octanol–water partition coefficient (Wildman–Crippen LogP) is 3.02. The number of aliphatic hydroxyl groups excluding tert-OH is 1. The van der Waals surface area contributed by atoms with E-state index in [1.54, 1.807) is 31.2 Å². The van der Waals surface area contributed by atoms with Crippen molar-refractivity contribution in [2.24, 2.45) is 0 Å². The number of carbonyl (C=O) groups excluding carboxylic acids is 1. The van der Waals surface area contributed by atoms with Gasteiger partial charge in [0.15, 0.2) is 11.6 Å². The standard InChI is InChI=1S/C17H18F2N2O2/c1-11(14-7-4-8-15(18)16(14)19)21-17(23)20-9-12-5-2-3-6-13(12)10-22/h2-8,11,22H,9-10H2,1H3,(H2,20,21,23). The molecule has 0 radical (unpaired) electrons. The molecule has 0 spiro atoms.